The number of aromatic hydroxyl groups is 1. The van der Waals surface area contributed by atoms with E-state index in [0.29, 0.717) is 13.2 Å². The molecule has 0 aliphatic rings. The molecule has 0 aliphatic heterocycles. The summed E-state index contributed by atoms with van der Waals surface area (Å²) in [7, 11) is 1.66. The van der Waals surface area contributed by atoms with Crippen LogP contribution in [-0.4, -0.2) is 31.3 Å². The summed E-state index contributed by atoms with van der Waals surface area (Å²) >= 11 is 3.24. The first-order valence-electron chi connectivity index (χ1n) is 6.11. The van der Waals surface area contributed by atoms with E-state index < -0.39 is 0 Å². The summed E-state index contributed by atoms with van der Waals surface area (Å²) in [6.45, 7) is 5.32. The summed E-state index contributed by atoms with van der Waals surface area (Å²) < 4.78 is 5.78. The molecule has 0 aromatic heterocycles. The Kier molecular flexibility index (Phi) is 5.82. The molecule has 0 radical (unpaired) electrons. The van der Waals surface area contributed by atoms with E-state index in [1.165, 1.54) is 6.07 Å². The Bertz CT molecular complexity index is 446. The molecule has 0 heterocycles. The number of nitrogens with one attached hydrogen (secondary N) is 1. The van der Waals surface area contributed by atoms with Crippen LogP contribution in [0, 0.1) is 5.41 Å². The van der Waals surface area contributed by atoms with Gasteiger partial charge in [-0.3, -0.25) is 4.79 Å². The van der Waals surface area contributed by atoms with E-state index in [9.17, 15) is 9.90 Å². The zero-order valence-electron chi connectivity index (χ0n) is 11.5. The number of carbonyl (C=O) groups excluding carboxylic acids is 1. The topological polar surface area (TPSA) is 58.6 Å². The van der Waals surface area contributed by atoms with Gasteiger partial charge in [-0.15, -0.1) is 0 Å². The number of hydrogen-bond donors (Lipinski definition) is 2. The van der Waals surface area contributed by atoms with Crippen molar-refractivity contribution in [1.29, 1.82) is 0 Å². The van der Waals surface area contributed by atoms with E-state index in [-0.39, 0.29) is 22.6 Å². The number of phenols is 1. The highest BCUT2D eigenvalue weighted by Crippen LogP contribution is 2.23. The first-order valence-corrected chi connectivity index (χ1v) is 6.91. The monoisotopic (exact) mass is 329 g/mol. The maximum absolute atomic E-state index is 12.0. The standard InChI is InChI=1S/C14H20BrNO3/c1-14(2,6-7-19-3)9-16-13(18)11-5-4-10(15)8-12(11)17/h4-5,8,17H,6-7,9H2,1-3H3,(H,16,18). The van der Waals surface area contributed by atoms with Crippen LogP contribution in [0.25, 0.3) is 0 Å². The molecule has 0 fully saturated rings. The summed E-state index contributed by atoms with van der Waals surface area (Å²) in [4.78, 5) is 12.0. The maximum Gasteiger partial charge on any atom is 0.255 e. The Hall–Kier alpha value is -1.07. The van der Waals surface area contributed by atoms with Gasteiger partial charge in [0, 0.05) is 24.7 Å². The summed E-state index contributed by atoms with van der Waals surface area (Å²) in [6, 6.07) is 4.83. The van der Waals surface area contributed by atoms with Crippen LogP contribution in [0.2, 0.25) is 0 Å². The third-order valence-electron chi connectivity index (χ3n) is 2.91. The van der Waals surface area contributed by atoms with Crippen LogP contribution in [-0.2, 0) is 4.74 Å². The molecular weight excluding hydrogens is 310 g/mol. The minimum absolute atomic E-state index is 0.0263. The maximum atomic E-state index is 12.0. The Morgan fingerprint density at radius 3 is 2.74 bits per heavy atom. The zero-order valence-corrected chi connectivity index (χ0v) is 13.1. The summed E-state index contributed by atoms with van der Waals surface area (Å²) in [5, 5.41) is 12.6. The van der Waals surface area contributed by atoms with Gasteiger partial charge in [-0.2, -0.15) is 0 Å². The molecule has 0 saturated carbocycles. The van der Waals surface area contributed by atoms with Crippen LogP contribution < -0.4 is 5.32 Å². The van der Waals surface area contributed by atoms with Crippen LogP contribution in [0.1, 0.15) is 30.6 Å². The quantitative estimate of drug-likeness (QED) is 0.843. The molecule has 2 N–H and O–H groups in total. The molecule has 4 nitrogen and oxygen atoms in total. The summed E-state index contributed by atoms with van der Waals surface area (Å²) in [6.07, 6.45) is 0.857. The van der Waals surface area contributed by atoms with Gasteiger partial charge in [0.2, 0.25) is 0 Å². The highest BCUT2D eigenvalue weighted by molar-refractivity contribution is 9.10. The second-order valence-electron chi connectivity index (χ2n) is 5.25. The van der Waals surface area contributed by atoms with Crippen LogP contribution in [0.15, 0.2) is 22.7 Å². The lowest BCUT2D eigenvalue weighted by Crippen LogP contribution is -2.34. The van der Waals surface area contributed by atoms with E-state index in [2.05, 4.69) is 35.1 Å². The number of rotatable bonds is 6. The third kappa shape index (κ3) is 5.20. The molecule has 19 heavy (non-hydrogen) atoms. The van der Waals surface area contributed by atoms with Crippen LogP contribution in [0.3, 0.4) is 0 Å². The molecule has 0 unspecified atom stereocenters. The number of ether oxygens (including phenoxy) is 1. The number of phenolic OH excluding ortho intramolecular Hbond substituents is 1. The van der Waals surface area contributed by atoms with Crippen molar-refractivity contribution < 1.29 is 14.6 Å². The fourth-order valence-corrected chi connectivity index (χ4v) is 1.93. The fraction of sp³-hybridized carbons (Fsp3) is 0.500. The number of amides is 1. The summed E-state index contributed by atoms with van der Waals surface area (Å²) in [5.74, 6) is -0.294. The van der Waals surface area contributed by atoms with Gasteiger partial charge in [0.05, 0.1) is 5.56 Å². The molecule has 1 aromatic carbocycles. The molecule has 0 spiro atoms. The highest BCUT2D eigenvalue weighted by atomic mass is 79.9. The average molecular weight is 330 g/mol. The summed E-state index contributed by atoms with van der Waals surface area (Å²) in [5.41, 5.74) is 0.238. The van der Waals surface area contributed by atoms with Gasteiger partial charge in [0.15, 0.2) is 0 Å². The number of halogens is 1. The predicted molar refractivity (Wildman–Crippen MR) is 78.4 cm³/mol. The SMILES string of the molecule is COCCC(C)(C)CNC(=O)c1ccc(Br)cc1O. The van der Waals surface area contributed by atoms with E-state index >= 15 is 0 Å². The van der Waals surface area contributed by atoms with Gasteiger partial charge in [-0.05, 0) is 30.0 Å². The molecule has 0 bridgehead atoms. The molecule has 0 saturated heterocycles. The van der Waals surface area contributed by atoms with Gasteiger partial charge in [-0.1, -0.05) is 29.8 Å². The number of carbonyl (C=O) groups is 1. The van der Waals surface area contributed by atoms with Crippen LogP contribution >= 0.6 is 15.9 Å². The number of hydrogen-bond acceptors (Lipinski definition) is 3. The first-order chi connectivity index (χ1) is 8.85. The van der Waals surface area contributed by atoms with E-state index in [0.717, 1.165) is 10.9 Å². The Morgan fingerprint density at radius 1 is 1.47 bits per heavy atom. The van der Waals surface area contributed by atoms with Crippen molar-refractivity contribution in [2.75, 3.05) is 20.3 Å². The predicted octanol–water partition coefficient (Wildman–Crippen LogP) is 2.95. The molecule has 0 atom stereocenters. The van der Waals surface area contributed by atoms with Crippen molar-refractivity contribution >= 4 is 21.8 Å². The van der Waals surface area contributed by atoms with Crippen molar-refractivity contribution in [2.24, 2.45) is 5.41 Å². The van der Waals surface area contributed by atoms with Crippen LogP contribution in [0.4, 0.5) is 0 Å². The lowest BCUT2D eigenvalue weighted by molar-refractivity contribution is 0.0918. The molecular formula is C14H20BrNO3. The molecule has 5 heteroatoms. The van der Waals surface area contributed by atoms with Gasteiger partial charge in [-0.25, -0.2) is 0 Å². The Morgan fingerprint density at radius 2 is 2.16 bits per heavy atom. The highest BCUT2D eigenvalue weighted by Gasteiger charge is 2.20. The Labute approximate surface area is 122 Å². The lowest BCUT2D eigenvalue weighted by Gasteiger charge is -2.24. The van der Waals surface area contributed by atoms with Crippen molar-refractivity contribution in [3.63, 3.8) is 0 Å². The van der Waals surface area contributed by atoms with E-state index in [4.69, 9.17) is 4.74 Å². The molecule has 1 rings (SSSR count). The second-order valence-corrected chi connectivity index (χ2v) is 6.17. The largest absolute Gasteiger partial charge is 0.507 e. The van der Waals surface area contributed by atoms with Crippen LogP contribution in [0.5, 0.6) is 5.75 Å². The fourth-order valence-electron chi connectivity index (χ4n) is 1.58. The minimum atomic E-state index is -0.268. The third-order valence-corrected chi connectivity index (χ3v) is 3.41. The van der Waals surface area contributed by atoms with E-state index in [1.807, 2.05) is 0 Å². The van der Waals surface area contributed by atoms with Gasteiger partial charge < -0.3 is 15.2 Å². The lowest BCUT2D eigenvalue weighted by atomic mass is 9.89. The van der Waals surface area contributed by atoms with E-state index in [1.54, 1.807) is 19.2 Å². The second kappa shape index (κ2) is 6.91. The van der Waals surface area contributed by atoms with Crippen molar-refractivity contribution in [3.05, 3.63) is 28.2 Å². The van der Waals surface area contributed by atoms with Gasteiger partial charge in [0.25, 0.3) is 5.91 Å². The first kappa shape index (κ1) is 16.0. The normalized spacial score (nSPS) is 11.4. The zero-order chi connectivity index (χ0) is 14.5. The molecule has 106 valence electrons. The van der Waals surface area contributed by atoms with Gasteiger partial charge in [0.1, 0.15) is 5.75 Å². The molecule has 0 aliphatic carbocycles. The molecule has 1 amide bonds. The smallest absolute Gasteiger partial charge is 0.255 e. The number of benzene rings is 1. The minimum Gasteiger partial charge on any atom is -0.507 e. The van der Waals surface area contributed by atoms with Crippen molar-refractivity contribution in [2.45, 2.75) is 20.3 Å². The van der Waals surface area contributed by atoms with Crippen molar-refractivity contribution in [1.82, 2.24) is 5.32 Å². The number of methoxy groups -OCH3 is 1. The average Bonchev–Trinajstić information content (AvgIpc) is 2.34. The van der Waals surface area contributed by atoms with Crippen molar-refractivity contribution in [3.8, 4) is 5.75 Å². The molecule has 1 aromatic rings. The van der Waals surface area contributed by atoms with Gasteiger partial charge >= 0.3 is 0 Å². The Balaban J connectivity index is 2.60.